The normalized spacial score (nSPS) is 14.5. The number of hydrogen-bond acceptors (Lipinski definition) is 5. The predicted molar refractivity (Wildman–Crippen MR) is 120 cm³/mol. The first-order chi connectivity index (χ1) is 14.9. The third-order valence-electron chi connectivity index (χ3n) is 5.22. The van der Waals surface area contributed by atoms with E-state index in [4.69, 9.17) is 0 Å². The van der Waals surface area contributed by atoms with Crippen LogP contribution in [-0.4, -0.2) is 64.2 Å². The number of carbonyl (C=O) groups excluding carboxylic acids is 2. The Kier molecular flexibility index (Phi) is 6.01. The number of fused-ring (bicyclic) bond motifs is 1. The lowest BCUT2D eigenvalue weighted by Crippen LogP contribution is -2.50. The minimum atomic E-state index is -0.493. The van der Waals surface area contributed by atoms with Crippen molar-refractivity contribution in [3.63, 3.8) is 0 Å². The van der Waals surface area contributed by atoms with Gasteiger partial charge in [-0.3, -0.25) is 24.6 Å². The second-order valence-corrected chi connectivity index (χ2v) is 8.16. The first kappa shape index (κ1) is 21.0. The summed E-state index contributed by atoms with van der Waals surface area (Å²) in [7, 11) is 0. The molecule has 0 radical (unpaired) electrons. The maximum Gasteiger partial charge on any atom is 0.270 e. The number of aromatic nitrogens is 1. The Labute approximate surface area is 186 Å². The number of amides is 2. The van der Waals surface area contributed by atoms with Gasteiger partial charge in [-0.1, -0.05) is 18.2 Å². The van der Waals surface area contributed by atoms with Crippen molar-refractivity contribution >= 4 is 50.0 Å². The second-order valence-electron chi connectivity index (χ2n) is 7.31. The summed E-state index contributed by atoms with van der Waals surface area (Å²) in [6, 6.07) is 13.8. The fourth-order valence-electron chi connectivity index (χ4n) is 3.58. The first-order valence-electron chi connectivity index (χ1n) is 9.74. The lowest BCUT2D eigenvalue weighted by atomic mass is 10.2. The van der Waals surface area contributed by atoms with Gasteiger partial charge in [0.05, 0.1) is 17.2 Å². The van der Waals surface area contributed by atoms with Gasteiger partial charge in [0.2, 0.25) is 5.91 Å². The lowest BCUT2D eigenvalue weighted by Gasteiger charge is -2.34. The van der Waals surface area contributed by atoms with Crippen LogP contribution < -0.4 is 5.32 Å². The van der Waals surface area contributed by atoms with E-state index in [2.05, 4.69) is 26.2 Å². The third kappa shape index (κ3) is 4.75. The number of halogens is 1. The quantitative estimate of drug-likeness (QED) is 0.425. The molecule has 0 saturated carbocycles. The zero-order valence-electron chi connectivity index (χ0n) is 16.5. The lowest BCUT2D eigenvalue weighted by molar-refractivity contribution is -0.384. The first-order valence-corrected chi connectivity index (χ1v) is 10.5. The molecule has 2 heterocycles. The van der Waals surface area contributed by atoms with E-state index in [9.17, 15) is 19.7 Å². The summed E-state index contributed by atoms with van der Waals surface area (Å²) in [6.07, 6.45) is 0. The molecule has 2 N–H and O–H groups in total. The van der Waals surface area contributed by atoms with Crippen LogP contribution in [-0.2, 0) is 4.79 Å². The number of rotatable bonds is 5. The molecule has 1 saturated heterocycles. The number of carbonyl (C=O) groups is 2. The molecule has 160 valence electrons. The number of nitro groups is 1. The number of nitrogens with zero attached hydrogens (tertiary/aromatic N) is 3. The highest BCUT2D eigenvalue weighted by Crippen LogP contribution is 2.27. The zero-order chi connectivity index (χ0) is 22.0. The molecule has 2 amide bonds. The topological polar surface area (TPSA) is 112 Å². The van der Waals surface area contributed by atoms with Crippen LogP contribution in [0, 0.1) is 10.1 Å². The molecule has 0 spiro atoms. The summed E-state index contributed by atoms with van der Waals surface area (Å²) in [5, 5.41) is 14.6. The van der Waals surface area contributed by atoms with Gasteiger partial charge in [0, 0.05) is 53.7 Å². The molecule has 10 heteroatoms. The summed E-state index contributed by atoms with van der Waals surface area (Å²) in [5.74, 6) is -0.264. The van der Waals surface area contributed by atoms with Crippen LogP contribution in [0.15, 0.2) is 53.0 Å². The summed E-state index contributed by atoms with van der Waals surface area (Å²) in [5.41, 5.74) is 1.91. The Morgan fingerprint density at radius 3 is 2.52 bits per heavy atom. The highest BCUT2D eigenvalue weighted by atomic mass is 79.9. The monoisotopic (exact) mass is 485 g/mol. The number of non-ortho nitro benzene ring substituents is 1. The molecule has 0 bridgehead atoms. The van der Waals surface area contributed by atoms with Crippen molar-refractivity contribution in [3.05, 3.63) is 68.8 Å². The molecule has 0 aliphatic carbocycles. The van der Waals surface area contributed by atoms with Crippen LogP contribution in [0.3, 0.4) is 0 Å². The number of H-pyrrole nitrogens is 1. The Morgan fingerprint density at radius 1 is 1.10 bits per heavy atom. The van der Waals surface area contributed by atoms with Crippen LogP contribution in [0.1, 0.15) is 10.5 Å². The number of hydrogen-bond donors (Lipinski definition) is 2. The van der Waals surface area contributed by atoms with Crippen molar-refractivity contribution < 1.29 is 14.5 Å². The van der Waals surface area contributed by atoms with Crippen molar-refractivity contribution in [1.29, 1.82) is 0 Å². The van der Waals surface area contributed by atoms with Crippen molar-refractivity contribution in [2.45, 2.75) is 0 Å². The molecule has 1 aliphatic rings. The number of benzene rings is 2. The highest BCUT2D eigenvalue weighted by Gasteiger charge is 2.24. The van der Waals surface area contributed by atoms with E-state index in [0.717, 1.165) is 10.9 Å². The Morgan fingerprint density at radius 2 is 1.84 bits per heavy atom. The fraction of sp³-hybridized carbons (Fsp3) is 0.238. The summed E-state index contributed by atoms with van der Waals surface area (Å²) in [4.78, 5) is 42.4. The average molecular weight is 486 g/mol. The van der Waals surface area contributed by atoms with E-state index in [0.29, 0.717) is 42.0 Å². The van der Waals surface area contributed by atoms with Gasteiger partial charge in [0.1, 0.15) is 5.69 Å². The van der Waals surface area contributed by atoms with E-state index >= 15 is 0 Å². The van der Waals surface area contributed by atoms with E-state index in [1.807, 2.05) is 35.2 Å². The average Bonchev–Trinajstić information content (AvgIpc) is 3.19. The van der Waals surface area contributed by atoms with E-state index in [1.165, 1.54) is 18.2 Å². The van der Waals surface area contributed by atoms with Crippen LogP contribution in [0.2, 0.25) is 0 Å². The van der Waals surface area contributed by atoms with Crippen molar-refractivity contribution in [2.24, 2.45) is 0 Å². The third-order valence-corrected chi connectivity index (χ3v) is 5.88. The van der Waals surface area contributed by atoms with Crippen molar-refractivity contribution in [1.82, 2.24) is 14.8 Å². The van der Waals surface area contributed by atoms with E-state index in [-0.39, 0.29) is 24.0 Å². The molecule has 1 aliphatic heterocycles. The summed E-state index contributed by atoms with van der Waals surface area (Å²) in [6.45, 7) is 2.41. The maximum absolute atomic E-state index is 12.8. The predicted octanol–water partition coefficient (Wildman–Crippen LogP) is 3.24. The minimum absolute atomic E-state index is 0.0462. The van der Waals surface area contributed by atoms with Crippen LogP contribution in [0.25, 0.3) is 10.9 Å². The highest BCUT2D eigenvalue weighted by molar-refractivity contribution is 9.10. The SMILES string of the molecule is O=C(CN1CCN(C(=O)c2cc3ccccc3[nH]2)CC1)Nc1ccc([N+](=O)[O-])cc1Br. The molecule has 3 aromatic rings. The molecular weight excluding hydrogens is 466 g/mol. The van der Waals surface area contributed by atoms with Crippen LogP contribution >= 0.6 is 15.9 Å². The zero-order valence-corrected chi connectivity index (χ0v) is 18.1. The number of nitro benzene ring substituents is 1. The van der Waals surface area contributed by atoms with Gasteiger partial charge in [-0.25, -0.2) is 0 Å². The van der Waals surface area contributed by atoms with E-state index < -0.39 is 4.92 Å². The van der Waals surface area contributed by atoms with Crippen LogP contribution in [0.4, 0.5) is 11.4 Å². The molecular formula is C21H20BrN5O4. The maximum atomic E-state index is 12.8. The van der Waals surface area contributed by atoms with Gasteiger partial charge in [-0.2, -0.15) is 0 Å². The Bertz CT molecular complexity index is 1120. The van der Waals surface area contributed by atoms with Gasteiger partial charge in [0.25, 0.3) is 11.6 Å². The molecule has 0 unspecified atom stereocenters. The summed E-state index contributed by atoms with van der Waals surface area (Å²) < 4.78 is 0.448. The van der Waals surface area contributed by atoms with Crippen molar-refractivity contribution in [2.75, 3.05) is 38.0 Å². The Hall–Kier alpha value is -3.24. The number of anilines is 1. The van der Waals surface area contributed by atoms with Gasteiger partial charge < -0.3 is 15.2 Å². The van der Waals surface area contributed by atoms with Gasteiger partial charge in [0.15, 0.2) is 0 Å². The fourth-order valence-corrected chi connectivity index (χ4v) is 4.05. The molecule has 0 atom stereocenters. The van der Waals surface area contributed by atoms with Crippen molar-refractivity contribution in [3.8, 4) is 0 Å². The molecule has 1 aromatic heterocycles. The van der Waals surface area contributed by atoms with Crippen LogP contribution in [0.5, 0.6) is 0 Å². The summed E-state index contributed by atoms with van der Waals surface area (Å²) >= 11 is 3.25. The standard InChI is InChI=1S/C21H20BrN5O4/c22-16-12-15(27(30)31)5-6-18(16)24-20(28)13-25-7-9-26(10-8-25)21(29)19-11-14-3-1-2-4-17(14)23-19/h1-6,11-12,23H,7-10,13H2,(H,24,28). The van der Waals surface area contributed by atoms with Gasteiger partial charge in [-0.05, 0) is 34.1 Å². The Balaban J connectivity index is 1.30. The minimum Gasteiger partial charge on any atom is -0.351 e. The van der Waals surface area contributed by atoms with E-state index in [1.54, 1.807) is 4.90 Å². The van der Waals surface area contributed by atoms with Gasteiger partial charge >= 0.3 is 0 Å². The molecule has 4 rings (SSSR count). The smallest absolute Gasteiger partial charge is 0.270 e. The molecule has 1 fully saturated rings. The second kappa shape index (κ2) is 8.86. The number of piperazine rings is 1. The number of aromatic amines is 1. The molecule has 9 nitrogen and oxygen atoms in total. The number of para-hydroxylation sites is 1. The largest absolute Gasteiger partial charge is 0.351 e. The molecule has 2 aromatic carbocycles. The van der Waals surface area contributed by atoms with Gasteiger partial charge in [-0.15, -0.1) is 0 Å². The number of nitrogens with one attached hydrogen (secondary N) is 2. The molecule has 31 heavy (non-hydrogen) atoms.